The highest BCUT2D eigenvalue weighted by molar-refractivity contribution is 6.04. The van der Waals surface area contributed by atoms with Crippen molar-refractivity contribution in [2.75, 3.05) is 5.32 Å². The van der Waals surface area contributed by atoms with E-state index in [0.717, 1.165) is 17.0 Å². The normalized spacial score (nSPS) is 21.4. The van der Waals surface area contributed by atoms with E-state index >= 15 is 8.78 Å². The molecule has 2 aromatic carbocycles. The molecule has 172 valence electrons. The van der Waals surface area contributed by atoms with Crippen LogP contribution in [0.25, 0.3) is 0 Å². The molecule has 0 spiro atoms. The zero-order valence-electron chi connectivity index (χ0n) is 17.8. The number of carbonyl (C=O) groups excluding carboxylic acids is 2. The third-order valence-corrected chi connectivity index (χ3v) is 5.66. The number of nitrogens with zero attached hydrogens (tertiary/aromatic N) is 1. The van der Waals surface area contributed by atoms with E-state index in [9.17, 15) is 23.5 Å². The van der Waals surface area contributed by atoms with E-state index < -0.39 is 53.1 Å². The van der Waals surface area contributed by atoms with E-state index in [1.54, 1.807) is 0 Å². The number of alkyl halides is 2. The lowest BCUT2D eigenvalue weighted by molar-refractivity contribution is -0.168. The van der Waals surface area contributed by atoms with E-state index in [1.165, 1.54) is 32.9 Å². The average Bonchev–Trinajstić information content (AvgIpc) is 2.70. The summed E-state index contributed by atoms with van der Waals surface area (Å²) in [5, 5.41) is 12.3. The van der Waals surface area contributed by atoms with Crippen LogP contribution >= 0.6 is 0 Å². The number of aliphatic hydroxyl groups excluding tert-OH is 1. The van der Waals surface area contributed by atoms with Gasteiger partial charge in [-0.3, -0.25) is 9.59 Å². The number of nitrogens with one attached hydrogen (secondary N) is 1. The Balaban J connectivity index is 1.88. The standard InChI is InChI=1S/C23H24F4N2O3/c1-12-8-16(5-7-19(12)24)28-21(31)15-4-6-20(25)18(11-15)23(26,27)22(32)29-13(2)9-17(30)10-14(29)3/h4-8,11,13-14,17,30H,9-10H2,1-3H3,(H,28,31). The first-order valence-electron chi connectivity index (χ1n) is 10.2. The minimum atomic E-state index is -4.22. The fourth-order valence-electron chi connectivity index (χ4n) is 4.06. The summed E-state index contributed by atoms with van der Waals surface area (Å²) in [5.74, 6) is -8.43. The highest BCUT2D eigenvalue weighted by atomic mass is 19.3. The molecule has 32 heavy (non-hydrogen) atoms. The number of hydrogen-bond acceptors (Lipinski definition) is 3. The number of aliphatic hydroxyl groups is 1. The second-order valence-electron chi connectivity index (χ2n) is 8.22. The molecule has 1 saturated heterocycles. The van der Waals surface area contributed by atoms with Gasteiger partial charge in [-0.05, 0) is 75.6 Å². The van der Waals surface area contributed by atoms with Crippen LogP contribution in [-0.4, -0.2) is 40.0 Å². The molecule has 0 aromatic heterocycles. The van der Waals surface area contributed by atoms with Gasteiger partial charge >= 0.3 is 5.92 Å². The molecule has 0 radical (unpaired) electrons. The van der Waals surface area contributed by atoms with Gasteiger partial charge in [-0.1, -0.05) is 0 Å². The molecule has 2 atom stereocenters. The van der Waals surface area contributed by atoms with Crippen LogP contribution in [0.1, 0.15) is 48.2 Å². The Morgan fingerprint density at radius 2 is 1.62 bits per heavy atom. The van der Waals surface area contributed by atoms with Gasteiger partial charge in [-0.2, -0.15) is 8.78 Å². The quantitative estimate of drug-likeness (QED) is 0.677. The number of carbonyl (C=O) groups is 2. The molecule has 0 aliphatic carbocycles. The zero-order chi connectivity index (χ0) is 23.8. The minimum absolute atomic E-state index is 0.133. The number of rotatable bonds is 4. The molecule has 1 aliphatic heterocycles. The second kappa shape index (κ2) is 8.90. The van der Waals surface area contributed by atoms with Crippen LogP contribution in [-0.2, 0) is 10.7 Å². The van der Waals surface area contributed by atoms with Gasteiger partial charge in [-0.25, -0.2) is 8.78 Å². The Bertz CT molecular complexity index is 1030. The van der Waals surface area contributed by atoms with Crippen molar-refractivity contribution in [1.82, 2.24) is 4.90 Å². The summed E-state index contributed by atoms with van der Waals surface area (Å²) in [6, 6.07) is 4.85. The Hall–Kier alpha value is -2.94. The van der Waals surface area contributed by atoms with Gasteiger partial charge < -0.3 is 15.3 Å². The van der Waals surface area contributed by atoms with E-state index in [4.69, 9.17) is 0 Å². The third-order valence-electron chi connectivity index (χ3n) is 5.66. The number of hydrogen-bond donors (Lipinski definition) is 2. The minimum Gasteiger partial charge on any atom is -0.393 e. The lowest BCUT2D eigenvalue weighted by Gasteiger charge is -2.42. The summed E-state index contributed by atoms with van der Waals surface area (Å²) in [7, 11) is 0. The predicted molar refractivity (Wildman–Crippen MR) is 110 cm³/mol. The van der Waals surface area contributed by atoms with Crippen molar-refractivity contribution in [3.63, 3.8) is 0 Å². The molecule has 3 rings (SSSR count). The molecule has 2 unspecified atom stereocenters. The van der Waals surface area contributed by atoms with Crippen molar-refractivity contribution in [2.45, 2.75) is 57.7 Å². The molecule has 2 amide bonds. The van der Waals surface area contributed by atoms with Crippen LogP contribution in [0.3, 0.4) is 0 Å². The molecule has 5 nitrogen and oxygen atoms in total. The number of benzene rings is 2. The van der Waals surface area contributed by atoms with Crippen molar-refractivity contribution in [1.29, 1.82) is 0 Å². The van der Waals surface area contributed by atoms with Crippen LogP contribution in [0.4, 0.5) is 23.2 Å². The Morgan fingerprint density at radius 1 is 1.03 bits per heavy atom. The molecule has 2 aromatic rings. The maximum absolute atomic E-state index is 15.1. The summed E-state index contributed by atoms with van der Waals surface area (Å²) in [6.07, 6.45) is -0.445. The molecular formula is C23H24F4N2O3. The first-order valence-corrected chi connectivity index (χ1v) is 10.2. The van der Waals surface area contributed by atoms with Crippen LogP contribution < -0.4 is 5.32 Å². The number of piperidine rings is 1. The van der Waals surface area contributed by atoms with Gasteiger partial charge in [0.2, 0.25) is 0 Å². The van der Waals surface area contributed by atoms with E-state index in [0.29, 0.717) is 12.1 Å². The highest BCUT2D eigenvalue weighted by Crippen LogP contribution is 2.36. The maximum atomic E-state index is 15.1. The van der Waals surface area contributed by atoms with E-state index in [-0.39, 0.29) is 29.7 Å². The SMILES string of the molecule is Cc1cc(NC(=O)c2ccc(F)c(C(F)(F)C(=O)N3C(C)CC(O)CC3C)c2)ccc1F. The van der Waals surface area contributed by atoms with Gasteiger partial charge in [-0.15, -0.1) is 0 Å². The van der Waals surface area contributed by atoms with E-state index in [1.807, 2.05) is 0 Å². The smallest absolute Gasteiger partial charge is 0.352 e. The maximum Gasteiger partial charge on any atom is 0.352 e. The highest BCUT2D eigenvalue weighted by Gasteiger charge is 2.49. The second-order valence-corrected chi connectivity index (χ2v) is 8.22. The summed E-state index contributed by atoms with van der Waals surface area (Å²) in [4.78, 5) is 26.2. The van der Waals surface area contributed by atoms with Crippen LogP contribution in [0, 0.1) is 18.6 Å². The first-order chi connectivity index (χ1) is 14.9. The topological polar surface area (TPSA) is 69.6 Å². The molecule has 1 heterocycles. The van der Waals surface area contributed by atoms with Crippen molar-refractivity contribution >= 4 is 17.5 Å². The molecule has 9 heteroatoms. The van der Waals surface area contributed by atoms with Crippen LogP contribution in [0.2, 0.25) is 0 Å². The van der Waals surface area contributed by atoms with Crippen LogP contribution in [0.15, 0.2) is 36.4 Å². The van der Waals surface area contributed by atoms with Gasteiger partial charge in [0.15, 0.2) is 0 Å². The third kappa shape index (κ3) is 4.62. The largest absolute Gasteiger partial charge is 0.393 e. The van der Waals surface area contributed by atoms with Crippen molar-refractivity contribution in [3.05, 3.63) is 64.7 Å². The molecule has 1 aliphatic rings. The van der Waals surface area contributed by atoms with Crippen molar-refractivity contribution < 1.29 is 32.3 Å². The Morgan fingerprint density at radius 3 is 2.22 bits per heavy atom. The number of amides is 2. The van der Waals surface area contributed by atoms with Gasteiger partial charge in [0.05, 0.1) is 11.7 Å². The fourth-order valence-corrected chi connectivity index (χ4v) is 4.06. The summed E-state index contributed by atoms with van der Waals surface area (Å²) in [6.45, 7) is 4.57. The van der Waals surface area contributed by atoms with Gasteiger partial charge in [0.1, 0.15) is 11.6 Å². The van der Waals surface area contributed by atoms with E-state index in [2.05, 4.69) is 5.32 Å². The average molecular weight is 452 g/mol. The predicted octanol–water partition coefficient (Wildman–Crippen LogP) is 4.38. The number of aryl methyl sites for hydroxylation is 1. The Kier molecular flexibility index (Phi) is 6.59. The zero-order valence-corrected chi connectivity index (χ0v) is 17.8. The van der Waals surface area contributed by atoms with Gasteiger partial charge in [0.25, 0.3) is 11.8 Å². The summed E-state index contributed by atoms with van der Waals surface area (Å²) < 4.78 is 58.1. The molecule has 1 fully saturated rings. The molecular weight excluding hydrogens is 428 g/mol. The molecule has 2 N–H and O–H groups in total. The lowest BCUT2D eigenvalue weighted by Crippen LogP contribution is -2.55. The summed E-state index contributed by atoms with van der Waals surface area (Å²) in [5.41, 5.74) is -0.992. The Labute approximate surface area is 183 Å². The van der Waals surface area contributed by atoms with Crippen molar-refractivity contribution in [2.24, 2.45) is 0 Å². The van der Waals surface area contributed by atoms with Crippen molar-refractivity contribution in [3.8, 4) is 0 Å². The van der Waals surface area contributed by atoms with Crippen LogP contribution in [0.5, 0.6) is 0 Å². The first kappa shape index (κ1) is 23.7. The fraction of sp³-hybridized carbons (Fsp3) is 0.391. The lowest BCUT2D eigenvalue weighted by atomic mass is 9.93. The summed E-state index contributed by atoms with van der Waals surface area (Å²) >= 11 is 0. The number of likely N-dealkylation sites (tertiary alicyclic amines) is 1. The van der Waals surface area contributed by atoms with Gasteiger partial charge in [0, 0.05) is 23.3 Å². The molecule has 0 bridgehead atoms. The molecule has 0 saturated carbocycles. The monoisotopic (exact) mass is 452 g/mol. The number of halogens is 4. The number of anilines is 1.